The fourth-order valence-corrected chi connectivity index (χ4v) is 2.16. The molecule has 1 aliphatic carbocycles. The molecule has 0 aliphatic heterocycles. The number of fused-ring (bicyclic) bond motifs is 1. The second-order valence-electron chi connectivity index (χ2n) is 4.02. The minimum absolute atomic E-state index is 0.0185. The van der Waals surface area contributed by atoms with Crippen molar-refractivity contribution < 1.29 is 4.79 Å². The van der Waals surface area contributed by atoms with Crippen molar-refractivity contribution in [1.82, 2.24) is 19.7 Å². The molecule has 2 aromatic heterocycles. The number of carbonyl (C=O) groups excluding carboxylic acids is 1. The lowest BCUT2D eigenvalue weighted by atomic mass is 9.95. The molecule has 18 heavy (non-hydrogen) atoms. The molecule has 0 fully saturated rings. The van der Waals surface area contributed by atoms with Gasteiger partial charge in [-0.3, -0.25) is 4.79 Å². The molecule has 0 bridgehead atoms. The van der Waals surface area contributed by atoms with E-state index in [0.717, 1.165) is 12.1 Å². The molecule has 2 aromatic rings. The normalized spacial score (nSPS) is 14.1. The molecular weight excluding hydrogens is 230 g/mol. The summed E-state index contributed by atoms with van der Waals surface area (Å²) < 4.78 is 1.50. The maximum atomic E-state index is 11.9. The minimum atomic E-state index is -0.0185. The highest BCUT2D eigenvalue weighted by molar-refractivity contribution is 6.00. The third-order valence-electron chi connectivity index (χ3n) is 2.92. The number of nitriles is 1. The van der Waals surface area contributed by atoms with Gasteiger partial charge in [-0.1, -0.05) is 0 Å². The molecule has 0 saturated heterocycles. The van der Waals surface area contributed by atoms with Gasteiger partial charge in [-0.2, -0.15) is 10.4 Å². The van der Waals surface area contributed by atoms with E-state index in [1.54, 1.807) is 18.5 Å². The van der Waals surface area contributed by atoms with Crippen LogP contribution in [0.2, 0.25) is 0 Å². The van der Waals surface area contributed by atoms with Gasteiger partial charge in [-0.05, 0) is 18.9 Å². The SMILES string of the molecule is N#Cc1nn(-c2ncccn2)c2c1C(=O)CCC2. The fraction of sp³-hybridized carbons (Fsp3) is 0.250. The maximum absolute atomic E-state index is 11.9. The number of Topliss-reactive ketones (excluding diaryl/α,β-unsaturated/α-hetero) is 1. The summed E-state index contributed by atoms with van der Waals surface area (Å²) in [5.41, 5.74) is 1.35. The lowest BCUT2D eigenvalue weighted by Gasteiger charge is -2.11. The zero-order valence-corrected chi connectivity index (χ0v) is 9.50. The Morgan fingerprint density at radius 3 is 2.78 bits per heavy atom. The number of rotatable bonds is 1. The Hall–Kier alpha value is -2.55. The quantitative estimate of drug-likeness (QED) is 0.742. The van der Waals surface area contributed by atoms with Crippen molar-refractivity contribution in [2.45, 2.75) is 19.3 Å². The van der Waals surface area contributed by atoms with Gasteiger partial charge in [0, 0.05) is 18.8 Å². The van der Waals surface area contributed by atoms with Crippen LogP contribution < -0.4 is 0 Å². The number of hydrogen-bond acceptors (Lipinski definition) is 5. The summed E-state index contributed by atoms with van der Waals surface area (Å²) in [7, 11) is 0. The van der Waals surface area contributed by atoms with Crippen LogP contribution in [-0.2, 0) is 6.42 Å². The lowest BCUT2D eigenvalue weighted by molar-refractivity contribution is 0.0972. The van der Waals surface area contributed by atoms with Gasteiger partial charge in [-0.25, -0.2) is 14.6 Å². The molecule has 3 rings (SSSR count). The van der Waals surface area contributed by atoms with Crippen molar-refractivity contribution in [1.29, 1.82) is 5.26 Å². The number of carbonyl (C=O) groups is 1. The topological polar surface area (TPSA) is 84.5 Å². The van der Waals surface area contributed by atoms with Gasteiger partial charge >= 0.3 is 0 Å². The molecular formula is C12H9N5O. The first-order valence-electron chi connectivity index (χ1n) is 5.64. The monoisotopic (exact) mass is 239 g/mol. The van der Waals surface area contributed by atoms with E-state index in [2.05, 4.69) is 15.1 Å². The van der Waals surface area contributed by atoms with Gasteiger partial charge in [0.25, 0.3) is 5.95 Å². The highest BCUT2D eigenvalue weighted by atomic mass is 16.1. The number of aromatic nitrogens is 4. The molecule has 0 radical (unpaired) electrons. The van der Waals surface area contributed by atoms with Crippen molar-refractivity contribution in [3.63, 3.8) is 0 Å². The largest absolute Gasteiger partial charge is 0.294 e. The van der Waals surface area contributed by atoms with E-state index in [9.17, 15) is 4.79 Å². The average molecular weight is 239 g/mol. The predicted octanol–water partition coefficient (Wildman–Crippen LogP) is 1.05. The molecule has 2 heterocycles. The van der Waals surface area contributed by atoms with Crippen LogP contribution >= 0.6 is 0 Å². The van der Waals surface area contributed by atoms with Gasteiger partial charge < -0.3 is 0 Å². The molecule has 1 aliphatic rings. The van der Waals surface area contributed by atoms with Crippen molar-refractivity contribution >= 4 is 5.78 Å². The van der Waals surface area contributed by atoms with Crippen LogP contribution in [0.25, 0.3) is 5.95 Å². The summed E-state index contributed by atoms with van der Waals surface area (Å²) in [6.45, 7) is 0. The third kappa shape index (κ3) is 1.49. The van der Waals surface area contributed by atoms with Gasteiger partial charge in [0.05, 0.1) is 11.3 Å². The van der Waals surface area contributed by atoms with E-state index < -0.39 is 0 Å². The van der Waals surface area contributed by atoms with Crippen molar-refractivity contribution in [2.75, 3.05) is 0 Å². The molecule has 6 heteroatoms. The van der Waals surface area contributed by atoms with Gasteiger partial charge in [0.2, 0.25) is 0 Å². The standard InChI is InChI=1S/C12H9N5O/c13-7-8-11-9(3-1-4-10(11)18)17(16-8)12-14-5-2-6-15-12/h2,5-6H,1,3-4H2. The summed E-state index contributed by atoms with van der Waals surface area (Å²) in [6.07, 6.45) is 5.17. The first-order chi connectivity index (χ1) is 8.81. The summed E-state index contributed by atoms with van der Waals surface area (Å²) >= 11 is 0. The van der Waals surface area contributed by atoms with E-state index >= 15 is 0 Å². The Morgan fingerprint density at radius 2 is 2.06 bits per heavy atom. The van der Waals surface area contributed by atoms with Crippen LogP contribution in [-0.4, -0.2) is 25.5 Å². The Labute approximate surface area is 103 Å². The van der Waals surface area contributed by atoms with Crippen LogP contribution in [0.5, 0.6) is 0 Å². The molecule has 0 aromatic carbocycles. The molecule has 0 unspecified atom stereocenters. The summed E-state index contributed by atoms with van der Waals surface area (Å²) in [5, 5.41) is 13.2. The van der Waals surface area contributed by atoms with Gasteiger partial charge in [0.15, 0.2) is 11.5 Å². The van der Waals surface area contributed by atoms with Crippen LogP contribution in [0, 0.1) is 11.3 Å². The highest BCUT2D eigenvalue weighted by Crippen LogP contribution is 2.25. The van der Waals surface area contributed by atoms with Crippen LogP contribution in [0.4, 0.5) is 0 Å². The number of ketones is 1. The molecule has 0 N–H and O–H groups in total. The second kappa shape index (κ2) is 4.04. The summed E-state index contributed by atoms with van der Waals surface area (Å²) in [5.74, 6) is 0.375. The first kappa shape index (κ1) is 10.6. The van der Waals surface area contributed by atoms with E-state index in [1.807, 2.05) is 6.07 Å². The molecule has 88 valence electrons. The predicted molar refractivity (Wildman–Crippen MR) is 61.1 cm³/mol. The average Bonchev–Trinajstić information content (AvgIpc) is 2.80. The molecule has 0 amide bonds. The van der Waals surface area contributed by atoms with Crippen LogP contribution in [0.1, 0.15) is 34.6 Å². The summed E-state index contributed by atoms with van der Waals surface area (Å²) in [6, 6.07) is 3.67. The minimum Gasteiger partial charge on any atom is -0.294 e. The maximum Gasteiger partial charge on any atom is 0.250 e. The van der Waals surface area contributed by atoms with Crippen LogP contribution in [0.3, 0.4) is 0 Å². The summed E-state index contributed by atoms with van der Waals surface area (Å²) in [4.78, 5) is 20.1. The second-order valence-corrected chi connectivity index (χ2v) is 4.02. The lowest BCUT2D eigenvalue weighted by Crippen LogP contribution is -2.14. The Kier molecular flexibility index (Phi) is 2.38. The Morgan fingerprint density at radius 1 is 1.28 bits per heavy atom. The third-order valence-corrected chi connectivity index (χ3v) is 2.92. The van der Waals surface area contributed by atoms with Gasteiger partial charge in [-0.15, -0.1) is 0 Å². The molecule has 0 saturated carbocycles. The molecule has 0 atom stereocenters. The highest BCUT2D eigenvalue weighted by Gasteiger charge is 2.28. The van der Waals surface area contributed by atoms with Gasteiger partial charge in [0.1, 0.15) is 6.07 Å². The number of hydrogen-bond donors (Lipinski definition) is 0. The molecule has 0 spiro atoms. The number of nitrogens with zero attached hydrogens (tertiary/aromatic N) is 5. The Balaban J connectivity index is 2.24. The smallest absolute Gasteiger partial charge is 0.250 e. The van der Waals surface area contributed by atoms with E-state index in [0.29, 0.717) is 24.4 Å². The molecule has 6 nitrogen and oxygen atoms in total. The van der Waals surface area contributed by atoms with Crippen molar-refractivity contribution in [3.05, 3.63) is 35.4 Å². The first-order valence-corrected chi connectivity index (χ1v) is 5.64. The Bertz CT molecular complexity index is 653. The van der Waals surface area contributed by atoms with Crippen molar-refractivity contribution in [2.24, 2.45) is 0 Å². The van der Waals surface area contributed by atoms with E-state index in [-0.39, 0.29) is 11.5 Å². The fourth-order valence-electron chi connectivity index (χ4n) is 2.16. The van der Waals surface area contributed by atoms with E-state index in [4.69, 9.17) is 5.26 Å². The zero-order chi connectivity index (χ0) is 12.5. The zero-order valence-electron chi connectivity index (χ0n) is 9.50. The van der Waals surface area contributed by atoms with Crippen molar-refractivity contribution in [3.8, 4) is 12.0 Å². The van der Waals surface area contributed by atoms with Crippen LogP contribution in [0.15, 0.2) is 18.5 Å². The van der Waals surface area contributed by atoms with E-state index in [1.165, 1.54) is 4.68 Å².